The minimum atomic E-state index is -0.527. The molecule has 23 heavy (non-hydrogen) atoms. The van der Waals surface area contributed by atoms with Crippen molar-refractivity contribution in [1.29, 1.82) is 0 Å². The summed E-state index contributed by atoms with van der Waals surface area (Å²) < 4.78 is 1.39. The highest BCUT2D eigenvalue weighted by Crippen LogP contribution is 2.32. The lowest BCUT2D eigenvalue weighted by atomic mass is 10.2. The lowest BCUT2D eigenvalue weighted by molar-refractivity contribution is -0.384. The number of anilines is 1. The molecule has 3 N–H and O–H groups in total. The number of benzene rings is 2. The van der Waals surface area contributed by atoms with Crippen LogP contribution in [-0.2, 0) is 0 Å². The molecule has 4 aromatic rings. The summed E-state index contributed by atoms with van der Waals surface area (Å²) in [5.41, 5.74) is 3.28. The maximum absolute atomic E-state index is 12.7. The summed E-state index contributed by atoms with van der Waals surface area (Å²) in [5, 5.41) is 21.3. The molecule has 0 atom stereocenters. The molecule has 0 aliphatic rings. The summed E-state index contributed by atoms with van der Waals surface area (Å²) in [6.07, 6.45) is 0. The van der Waals surface area contributed by atoms with Gasteiger partial charge in [0, 0.05) is 17.5 Å². The van der Waals surface area contributed by atoms with E-state index in [1.54, 1.807) is 24.3 Å². The summed E-state index contributed by atoms with van der Waals surface area (Å²) in [7, 11) is 0. The van der Waals surface area contributed by atoms with Crippen molar-refractivity contribution in [2.24, 2.45) is 0 Å². The SMILES string of the molecule is O=c1c2ccccc2[nH]c2c(NO)c3cc([N+](=O)[O-])ccc3n12. The lowest BCUT2D eigenvalue weighted by Gasteiger charge is -2.02. The van der Waals surface area contributed by atoms with Crippen LogP contribution in [-0.4, -0.2) is 19.5 Å². The topological polar surface area (TPSA) is 113 Å². The van der Waals surface area contributed by atoms with E-state index in [0.29, 0.717) is 27.5 Å². The van der Waals surface area contributed by atoms with Crippen LogP contribution in [0.4, 0.5) is 11.4 Å². The van der Waals surface area contributed by atoms with Crippen LogP contribution in [0.1, 0.15) is 0 Å². The fourth-order valence-electron chi connectivity index (χ4n) is 2.86. The summed E-state index contributed by atoms with van der Waals surface area (Å²) in [6.45, 7) is 0. The average Bonchev–Trinajstić information content (AvgIpc) is 2.87. The molecule has 8 heteroatoms. The molecule has 0 radical (unpaired) electrons. The minimum Gasteiger partial charge on any atom is -0.339 e. The first-order chi connectivity index (χ1) is 11.1. The van der Waals surface area contributed by atoms with E-state index in [-0.39, 0.29) is 16.9 Å². The molecule has 0 saturated heterocycles. The van der Waals surface area contributed by atoms with Gasteiger partial charge in [-0.3, -0.25) is 30.0 Å². The van der Waals surface area contributed by atoms with Gasteiger partial charge in [-0.2, -0.15) is 0 Å². The van der Waals surface area contributed by atoms with E-state index >= 15 is 0 Å². The molecular formula is C15H10N4O4. The number of H-pyrrole nitrogens is 1. The first kappa shape index (κ1) is 13.3. The second-order valence-electron chi connectivity index (χ2n) is 5.11. The molecule has 114 valence electrons. The minimum absolute atomic E-state index is 0.123. The average molecular weight is 310 g/mol. The number of rotatable bonds is 2. The van der Waals surface area contributed by atoms with E-state index in [2.05, 4.69) is 4.98 Å². The van der Waals surface area contributed by atoms with Gasteiger partial charge in [0.05, 0.1) is 21.3 Å². The Labute approximate surface area is 127 Å². The molecule has 0 aliphatic carbocycles. The molecule has 2 aromatic heterocycles. The number of nitro groups is 1. The van der Waals surface area contributed by atoms with Gasteiger partial charge in [0.2, 0.25) is 0 Å². The second kappa shape index (κ2) is 4.55. The third-order valence-corrected chi connectivity index (χ3v) is 3.89. The van der Waals surface area contributed by atoms with Gasteiger partial charge < -0.3 is 4.98 Å². The Morgan fingerprint density at radius 3 is 2.70 bits per heavy atom. The summed E-state index contributed by atoms with van der Waals surface area (Å²) in [5.74, 6) is 0. The van der Waals surface area contributed by atoms with Crippen LogP contribution >= 0.6 is 0 Å². The highest BCUT2D eigenvalue weighted by molar-refractivity contribution is 6.03. The van der Waals surface area contributed by atoms with Crippen molar-refractivity contribution in [3.8, 4) is 0 Å². The first-order valence-corrected chi connectivity index (χ1v) is 6.75. The third kappa shape index (κ3) is 1.72. The molecule has 2 heterocycles. The number of hydrogen-bond acceptors (Lipinski definition) is 5. The van der Waals surface area contributed by atoms with Crippen molar-refractivity contribution >= 4 is 38.8 Å². The standard InChI is InChI=1S/C15H10N4O4/c20-15-9-3-1-2-4-11(9)16-14-13(17-21)10-7-8(19(22)23)5-6-12(10)18(14)15/h1-7,16-17,21H. The van der Waals surface area contributed by atoms with Gasteiger partial charge in [0.1, 0.15) is 11.3 Å². The highest BCUT2D eigenvalue weighted by Gasteiger charge is 2.18. The molecule has 0 aliphatic heterocycles. The van der Waals surface area contributed by atoms with E-state index < -0.39 is 4.92 Å². The quantitative estimate of drug-likeness (QED) is 0.389. The zero-order chi connectivity index (χ0) is 16.1. The maximum Gasteiger partial charge on any atom is 0.270 e. The van der Waals surface area contributed by atoms with E-state index in [1.165, 1.54) is 22.6 Å². The number of aromatic nitrogens is 2. The number of non-ortho nitro benzene ring substituents is 1. The Hall–Kier alpha value is -3.39. The number of nitrogens with zero attached hydrogens (tertiary/aromatic N) is 2. The van der Waals surface area contributed by atoms with Crippen LogP contribution < -0.4 is 11.0 Å². The summed E-state index contributed by atoms with van der Waals surface area (Å²) in [6, 6.07) is 11.1. The molecule has 2 aromatic carbocycles. The van der Waals surface area contributed by atoms with Gasteiger partial charge in [-0.15, -0.1) is 0 Å². The summed E-state index contributed by atoms with van der Waals surface area (Å²) in [4.78, 5) is 26.3. The zero-order valence-electron chi connectivity index (χ0n) is 11.6. The number of nitrogens with one attached hydrogen (secondary N) is 2. The van der Waals surface area contributed by atoms with Crippen molar-refractivity contribution in [1.82, 2.24) is 9.38 Å². The van der Waals surface area contributed by atoms with Crippen molar-refractivity contribution in [3.05, 3.63) is 62.9 Å². The molecule has 0 unspecified atom stereocenters. The molecule has 0 fully saturated rings. The Morgan fingerprint density at radius 1 is 1.17 bits per heavy atom. The van der Waals surface area contributed by atoms with Crippen molar-refractivity contribution in [3.63, 3.8) is 0 Å². The van der Waals surface area contributed by atoms with E-state index in [0.717, 1.165) is 0 Å². The van der Waals surface area contributed by atoms with Crippen molar-refractivity contribution in [2.75, 3.05) is 5.48 Å². The van der Waals surface area contributed by atoms with Gasteiger partial charge in [0.25, 0.3) is 11.2 Å². The van der Waals surface area contributed by atoms with Crippen LogP contribution in [0, 0.1) is 10.1 Å². The largest absolute Gasteiger partial charge is 0.339 e. The van der Waals surface area contributed by atoms with Crippen LogP contribution in [0.5, 0.6) is 0 Å². The number of para-hydroxylation sites is 1. The number of nitro benzene ring substituents is 1. The predicted octanol–water partition coefficient (Wildman–Crippen LogP) is 2.64. The Balaban J connectivity index is 2.28. The normalized spacial score (nSPS) is 11.3. The maximum atomic E-state index is 12.7. The molecule has 4 rings (SSSR count). The van der Waals surface area contributed by atoms with Gasteiger partial charge in [-0.05, 0) is 18.2 Å². The van der Waals surface area contributed by atoms with Gasteiger partial charge in [0.15, 0.2) is 0 Å². The predicted molar refractivity (Wildman–Crippen MR) is 85.1 cm³/mol. The van der Waals surface area contributed by atoms with Gasteiger partial charge in [-0.1, -0.05) is 12.1 Å². The van der Waals surface area contributed by atoms with E-state index in [1.807, 2.05) is 5.48 Å². The molecule has 8 nitrogen and oxygen atoms in total. The Morgan fingerprint density at radius 2 is 1.96 bits per heavy atom. The van der Waals surface area contributed by atoms with Gasteiger partial charge in [-0.25, -0.2) is 0 Å². The van der Waals surface area contributed by atoms with Crippen LogP contribution in [0.15, 0.2) is 47.3 Å². The number of aromatic amines is 1. The summed E-state index contributed by atoms with van der Waals surface area (Å²) >= 11 is 0. The smallest absolute Gasteiger partial charge is 0.270 e. The first-order valence-electron chi connectivity index (χ1n) is 6.75. The van der Waals surface area contributed by atoms with Crippen LogP contribution in [0.3, 0.4) is 0 Å². The monoisotopic (exact) mass is 310 g/mol. The van der Waals surface area contributed by atoms with E-state index in [4.69, 9.17) is 0 Å². The Bertz CT molecular complexity index is 1160. The lowest BCUT2D eigenvalue weighted by Crippen LogP contribution is -2.13. The fraction of sp³-hybridized carbons (Fsp3) is 0. The van der Waals surface area contributed by atoms with E-state index in [9.17, 15) is 20.1 Å². The molecule has 0 saturated carbocycles. The third-order valence-electron chi connectivity index (χ3n) is 3.89. The number of hydrogen-bond donors (Lipinski definition) is 3. The molecule has 0 bridgehead atoms. The second-order valence-corrected chi connectivity index (χ2v) is 5.11. The zero-order valence-corrected chi connectivity index (χ0v) is 11.6. The Kier molecular flexibility index (Phi) is 2.63. The van der Waals surface area contributed by atoms with Crippen molar-refractivity contribution < 1.29 is 10.1 Å². The van der Waals surface area contributed by atoms with Crippen LogP contribution in [0.2, 0.25) is 0 Å². The van der Waals surface area contributed by atoms with Crippen LogP contribution in [0.25, 0.3) is 27.5 Å². The molecule has 0 amide bonds. The molecule has 0 spiro atoms. The van der Waals surface area contributed by atoms with Crippen molar-refractivity contribution in [2.45, 2.75) is 0 Å². The molecular weight excluding hydrogens is 300 g/mol. The van der Waals surface area contributed by atoms with Gasteiger partial charge >= 0.3 is 0 Å². The highest BCUT2D eigenvalue weighted by atomic mass is 16.6. The fourth-order valence-corrected chi connectivity index (χ4v) is 2.86. The number of fused-ring (bicyclic) bond motifs is 4.